The van der Waals surface area contributed by atoms with E-state index in [0.29, 0.717) is 13.1 Å². The molecule has 2 heterocycles. The Kier molecular flexibility index (Phi) is 5.98. The molecule has 7 heteroatoms. The third-order valence-electron chi connectivity index (χ3n) is 5.49. The number of methoxy groups -OCH3 is 1. The molecule has 3 N–H and O–H groups in total. The Morgan fingerprint density at radius 1 is 1.19 bits per heavy atom. The van der Waals surface area contributed by atoms with Crippen LogP contribution in [0.15, 0.2) is 24.3 Å². The van der Waals surface area contributed by atoms with E-state index in [-0.39, 0.29) is 17.7 Å². The van der Waals surface area contributed by atoms with E-state index < -0.39 is 0 Å². The molecular formula is C19H29N4O3+. The molecule has 0 saturated carbocycles. The van der Waals surface area contributed by atoms with Crippen molar-refractivity contribution in [1.29, 1.82) is 0 Å². The van der Waals surface area contributed by atoms with Gasteiger partial charge in [0.25, 0.3) is 5.91 Å². The van der Waals surface area contributed by atoms with Crippen molar-refractivity contribution in [2.75, 3.05) is 57.8 Å². The second kappa shape index (κ2) is 8.40. The van der Waals surface area contributed by atoms with Crippen molar-refractivity contribution in [1.82, 2.24) is 4.90 Å². The lowest BCUT2D eigenvalue weighted by atomic mass is 9.97. The van der Waals surface area contributed by atoms with Crippen molar-refractivity contribution in [3.05, 3.63) is 24.3 Å². The monoisotopic (exact) mass is 361 g/mol. The summed E-state index contributed by atoms with van der Waals surface area (Å²) in [6.07, 6.45) is 1.81. The van der Waals surface area contributed by atoms with Crippen molar-refractivity contribution in [3.8, 4) is 5.75 Å². The predicted molar refractivity (Wildman–Crippen MR) is 99.3 cm³/mol. The van der Waals surface area contributed by atoms with Gasteiger partial charge < -0.3 is 25.2 Å². The first-order chi connectivity index (χ1) is 12.6. The van der Waals surface area contributed by atoms with Crippen LogP contribution in [0.3, 0.4) is 0 Å². The normalized spacial score (nSPS) is 23.6. The number of hydrogen-bond donors (Lipinski definition) is 2. The number of piperidine rings is 1. The Balaban J connectivity index is 1.48. The van der Waals surface area contributed by atoms with E-state index in [1.54, 1.807) is 7.11 Å². The molecule has 2 atom stereocenters. The highest BCUT2D eigenvalue weighted by Gasteiger charge is 2.30. The van der Waals surface area contributed by atoms with E-state index in [1.165, 1.54) is 4.90 Å². The van der Waals surface area contributed by atoms with Gasteiger partial charge in [0.05, 0.1) is 26.1 Å². The fourth-order valence-corrected chi connectivity index (χ4v) is 3.89. The predicted octanol–water partition coefficient (Wildman–Crippen LogP) is -0.876. The smallest absolute Gasteiger partial charge is 0.277 e. The number of quaternary nitrogens is 1. The molecular weight excluding hydrogens is 332 g/mol. The van der Waals surface area contributed by atoms with Gasteiger partial charge in [0.2, 0.25) is 5.91 Å². The van der Waals surface area contributed by atoms with E-state index >= 15 is 0 Å². The number of amides is 2. The summed E-state index contributed by atoms with van der Waals surface area (Å²) in [5.74, 6) is 0.710. The van der Waals surface area contributed by atoms with Crippen LogP contribution in [0, 0.1) is 5.92 Å². The summed E-state index contributed by atoms with van der Waals surface area (Å²) < 4.78 is 5.20. The summed E-state index contributed by atoms with van der Waals surface area (Å²) in [4.78, 5) is 29.4. The first kappa shape index (κ1) is 18.5. The minimum atomic E-state index is -0.234. The van der Waals surface area contributed by atoms with E-state index in [4.69, 9.17) is 10.5 Å². The average molecular weight is 361 g/mol. The summed E-state index contributed by atoms with van der Waals surface area (Å²) in [5.41, 5.74) is 6.59. The Labute approximate surface area is 154 Å². The molecule has 1 aromatic rings. The van der Waals surface area contributed by atoms with Gasteiger partial charge in [-0.25, -0.2) is 0 Å². The largest absolute Gasteiger partial charge is 0.497 e. The number of benzene rings is 1. The fraction of sp³-hybridized carbons (Fsp3) is 0.579. The number of rotatable bonds is 5. The molecule has 2 amide bonds. The van der Waals surface area contributed by atoms with Crippen LogP contribution < -0.4 is 20.3 Å². The molecule has 1 aromatic carbocycles. The molecule has 0 aliphatic carbocycles. The maximum atomic E-state index is 12.6. The molecule has 0 aromatic heterocycles. The second-order valence-corrected chi connectivity index (χ2v) is 7.19. The molecule has 2 saturated heterocycles. The van der Waals surface area contributed by atoms with E-state index in [0.717, 1.165) is 57.0 Å². The van der Waals surface area contributed by atoms with Crippen LogP contribution in [-0.2, 0) is 9.59 Å². The number of carbonyl (C=O) groups excluding carboxylic acids is 2. The zero-order valence-corrected chi connectivity index (χ0v) is 15.4. The molecule has 0 radical (unpaired) electrons. The Bertz CT molecular complexity index is 626. The molecule has 26 heavy (non-hydrogen) atoms. The summed E-state index contributed by atoms with van der Waals surface area (Å²) >= 11 is 0. The fourth-order valence-electron chi connectivity index (χ4n) is 3.89. The first-order valence-electron chi connectivity index (χ1n) is 9.36. The Hall–Kier alpha value is -2.28. The molecule has 2 fully saturated rings. The minimum absolute atomic E-state index is 0.0848. The van der Waals surface area contributed by atoms with Gasteiger partial charge in [-0.3, -0.25) is 9.59 Å². The minimum Gasteiger partial charge on any atom is -0.497 e. The summed E-state index contributed by atoms with van der Waals surface area (Å²) in [6, 6.07) is 8.03. The lowest BCUT2D eigenvalue weighted by Gasteiger charge is -2.37. The van der Waals surface area contributed by atoms with Crippen LogP contribution in [0.1, 0.15) is 12.8 Å². The molecule has 2 aliphatic rings. The highest BCUT2D eigenvalue weighted by molar-refractivity contribution is 5.78. The van der Waals surface area contributed by atoms with E-state index in [1.807, 2.05) is 17.0 Å². The summed E-state index contributed by atoms with van der Waals surface area (Å²) in [7, 11) is 1.66. The highest BCUT2D eigenvalue weighted by atomic mass is 16.5. The number of primary amides is 1. The zero-order chi connectivity index (χ0) is 18.5. The van der Waals surface area contributed by atoms with Crippen LogP contribution in [0.5, 0.6) is 5.75 Å². The highest BCUT2D eigenvalue weighted by Crippen LogP contribution is 2.20. The molecule has 0 spiro atoms. The molecule has 2 aliphatic heterocycles. The van der Waals surface area contributed by atoms with Crippen molar-refractivity contribution >= 4 is 17.5 Å². The summed E-state index contributed by atoms with van der Waals surface area (Å²) in [5, 5.41) is 0. The van der Waals surface area contributed by atoms with Gasteiger partial charge in [0.1, 0.15) is 5.75 Å². The van der Waals surface area contributed by atoms with Crippen molar-refractivity contribution < 1.29 is 19.2 Å². The van der Waals surface area contributed by atoms with Crippen LogP contribution in [0.4, 0.5) is 5.69 Å². The van der Waals surface area contributed by atoms with Gasteiger partial charge in [-0.1, -0.05) is 0 Å². The summed E-state index contributed by atoms with van der Waals surface area (Å²) in [6.45, 7) is 5.23. The molecule has 7 nitrogen and oxygen atoms in total. The number of nitrogens with one attached hydrogen (secondary N) is 1. The third kappa shape index (κ3) is 4.46. The topological polar surface area (TPSA) is 80.3 Å². The lowest BCUT2D eigenvalue weighted by molar-refractivity contribution is -0.899. The van der Waals surface area contributed by atoms with E-state index in [9.17, 15) is 9.59 Å². The van der Waals surface area contributed by atoms with Gasteiger partial charge in [0, 0.05) is 31.9 Å². The third-order valence-corrected chi connectivity index (χ3v) is 5.49. The van der Waals surface area contributed by atoms with Gasteiger partial charge in [-0.05, 0) is 37.1 Å². The number of ether oxygens (including phenoxy) is 1. The van der Waals surface area contributed by atoms with Crippen molar-refractivity contribution in [3.63, 3.8) is 0 Å². The van der Waals surface area contributed by atoms with Gasteiger partial charge >= 0.3 is 0 Å². The number of anilines is 1. The number of carbonyl (C=O) groups is 2. The second-order valence-electron chi connectivity index (χ2n) is 7.19. The first-order valence-corrected chi connectivity index (χ1v) is 9.36. The Morgan fingerprint density at radius 3 is 2.50 bits per heavy atom. The molecule has 3 rings (SSSR count). The van der Waals surface area contributed by atoms with Crippen LogP contribution in [0.25, 0.3) is 0 Å². The quantitative estimate of drug-likeness (QED) is 0.714. The average Bonchev–Trinajstić information content (AvgIpc) is 2.68. The van der Waals surface area contributed by atoms with Gasteiger partial charge in [-0.15, -0.1) is 0 Å². The van der Waals surface area contributed by atoms with Crippen molar-refractivity contribution in [2.24, 2.45) is 11.7 Å². The van der Waals surface area contributed by atoms with Crippen molar-refractivity contribution in [2.45, 2.75) is 12.8 Å². The van der Waals surface area contributed by atoms with Crippen LogP contribution >= 0.6 is 0 Å². The van der Waals surface area contributed by atoms with Gasteiger partial charge in [0.15, 0.2) is 6.54 Å². The maximum absolute atomic E-state index is 12.6. The molecule has 142 valence electrons. The number of hydrogen-bond acceptors (Lipinski definition) is 4. The number of nitrogens with zero attached hydrogens (tertiary/aromatic N) is 2. The number of nitrogens with two attached hydrogens (primary N) is 1. The number of likely N-dealkylation sites (tertiary alicyclic amines) is 1. The van der Waals surface area contributed by atoms with Crippen LogP contribution in [-0.4, -0.2) is 69.6 Å². The maximum Gasteiger partial charge on any atom is 0.277 e. The van der Waals surface area contributed by atoms with Gasteiger partial charge in [-0.2, -0.15) is 0 Å². The molecule has 0 bridgehead atoms. The lowest BCUT2D eigenvalue weighted by Crippen LogP contribution is -3.15. The SMILES string of the molecule is COc1ccc(N2CCN(C(=O)C[NH+]3CCC[C@@H](C(N)=O)C3)CC2)cc1. The zero-order valence-electron chi connectivity index (χ0n) is 15.4. The van der Waals surface area contributed by atoms with E-state index in [2.05, 4.69) is 17.0 Å². The Morgan fingerprint density at radius 2 is 1.88 bits per heavy atom. The number of piperazine rings is 1. The molecule has 1 unspecified atom stereocenters. The van der Waals surface area contributed by atoms with Crippen LogP contribution in [0.2, 0.25) is 0 Å². The standard InChI is InChI=1S/C19H28N4O3/c1-26-17-6-4-16(5-7-17)22-9-11-23(12-10-22)18(24)14-21-8-2-3-15(13-21)19(20)25/h4-7,15H,2-3,8-14H2,1H3,(H2,20,25)/p+1/t15-/m1/s1.